The van der Waals surface area contributed by atoms with Crippen molar-refractivity contribution in [3.05, 3.63) is 23.4 Å². The summed E-state index contributed by atoms with van der Waals surface area (Å²) in [6.07, 6.45) is 2.04. The van der Waals surface area contributed by atoms with Gasteiger partial charge < -0.3 is 10.6 Å². The summed E-state index contributed by atoms with van der Waals surface area (Å²) >= 11 is 1.73. The summed E-state index contributed by atoms with van der Waals surface area (Å²) in [6, 6.07) is 3.86. The highest BCUT2D eigenvalue weighted by atomic mass is 32.2. The van der Waals surface area contributed by atoms with Crippen LogP contribution in [0.2, 0.25) is 0 Å². The lowest BCUT2D eigenvalue weighted by atomic mass is 10.1. The molecule has 0 radical (unpaired) electrons. The molecule has 1 heterocycles. The number of rotatable bonds is 7. The average Bonchev–Trinajstić information content (AvgIpc) is 2.38. The lowest BCUT2D eigenvalue weighted by molar-refractivity contribution is 0.0943. The lowest BCUT2D eigenvalue weighted by Crippen LogP contribution is -2.34. The second-order valence-electron chi connectivity index (χ2n) is 5.18. The third kappa shape index (κ3) is 5.04. The van der Waals surface area contributed by atoms with Crippen molar-refractivity contribution in [2.24, 2.45) is 0 Å². The predicted molar refractivity (Wildman–Crippen MR) is 87.8 cm³/mol. The van der Waals surface area contributed by atoms with Crippen LogP contribution in [0.15, 0.2) is 12.1 Å². The maximum atomic E-state index is 12.3. The van der Waals surface area contributed by atoms with Crippen LogP contribution < -0.4 is 10.6 Å². The Morgan fingerprint density at radius 2 is 2.05 bits per heavy atom. The number of nitrogens with one attached hydrogen (secondary N) is 2. The van der Waals surface area contributed by atoms with Crippen LogP contribution >= 0.6 is 11.8 Å². The first-order valence-electron chi connectivity index (χ1n) is 7.03. The maximum absolute atomic E-state index is 12.3. The Morgan fingerprint density at radius 1 is 1.35 bits per heavy atom. The zero-order chi connectivity index (χ0) is 15.1. The number of carbonyl (C=O) groups excluding carboxylic acids is 1. The van der Waals surface area contributed by atoms with E-state index in [0.29, 0.717) is 11.5 Å². The minimum atomic E-state index is -0.0324. The molecule has 112 valence electrons. The molecule has 1 aromatic heterocycles. The quantitative estimate of drug-likeness (QED) is 0.811. The van der Waals surface area contributed by atoms with Crippen LogP contribution in [0.3, 0.4) is 0 Å². The average molecular weight is 295 g/mol. The van der Waals surface area contributed by atoms with E-state index in [1.807, 2.05) is 32.2 Å². The predicted octanol–water partition coefficient (Wildman–Crippen LogP) is 3.12. The number of hydrogen-bond donors (Lipinski definition) is 2. The Labute approximate surface area is 126 Å². The molecule has 5 heteroatoms. The van der Waals surface area contributed by atoms with Crippen LogP contribution in [0.5, 0.6) is 0 Å². The molecule has 20 heavy (non-hydrogen) atoms. The molecule has 0 saturated carbocycles. The molecule has 0 saturated heterocycles. The van der Waals surface area contributed by atoms with Crippen molar-refractivity contribution in [1.82, 2.24) is 10.3 Å². The van der Waals surface area contributed by atoms with E-state index in [1.54, 1.807) is 11.8 Å². The lowest BCUT2D eigenvalue weighted by Gasteiger charge is -2.15. The third-order valence-corrected chi connectivity index (χ3v) is 3.68. The minimum absolute atomic E-state index is 0.0324. The van der Waals surface area contributed by atoms with Gasteiger partial charge >= 0.3 is 0 Å². The maximum Gasteiger partial charge on any atom is 0.251 e. The molecule has 0 aromatic carbocycles. The molecule has 0 bridgehead atoms. The second kappa shape index (κ2) is 8.15. The van der Waals surface area contributed by atoms with Crippen molar-refractivity contribution >= 4 is 23.5 Å². The molecule has 1 aromatic rings. The van der Waals surface area contributed by atoms with Crippen LogP contribution in [0.1, 0.15) is 49.7 Å². The smallest absolute Gasteiger partial charge is 0.251 e. The molecule has 1 amide bonds. The van der Waals surface area contributed by atoms with Gasteiger partial charge in [-0.15, -0.1) is 0 Å². The van der Waals surface area contributed by atoms with Gasteiger partial charge in [0.2, 0.25) is 0 Å². The fourth-order valence-electron chi connectivity index (χ4n) is 1.85. The van der Waals surface area contributed by atoms with Gasteiger partial charge in [-0.2, -0.15) is 11.8 Å². The van der Waals surface area contributed by atoms with Gasteiger partial charge in [0.25, 0.3) is 5.91 Å². The topological polar surface area (TPSA) is 54.0 Å². The largest absolute Gasteiger partial charge is 0.370 e. The van der Waals surface area contributed by atoms with E-state index < -0.39 is 0 Å². The summed E-state index contributed by atoms with van der Waals surface area (Å²) in [4.78, 5) is 16.8. The Morgan fingerprint density at radius 3 is 2.60 bits per heavy atom. The number of aromatic nitrogens is 1. The number of thioether (sulfide) groups is 1. The highest BCUT2D eigenvalue weighted by Crippen LogP contribution is 2.17. The van der Waals surface area contributed by atoms with E-state index in [2.05, 4.69) is 29.5 Å². The van der Waals surface area contributed by atoms with E-state index >= 15 is 0 Å². The van der Waals surface area contributed by atoms with Gasteiger partial charge in [0, 0.05) is 29.6 Å². The first-order chi connectivity index (χ1) is 9.47. The van der Waals surface area contributed by atoms with Crippen molar-refractivity contribution in [1.29, 1.82) is 0 Å². The fraction of sp³-hybridized carbons (Fsp3) is 0.600. The molecule has 1 rings (SSSR count). The van der Waals surface area contributed by atoms with Gasteiger partial charge in [0.1, 0.15) is 5.82 Å². The first-order valence-corrected chi connectivity index (χ1v) is 8.43. The SMILES string of the molecule is CCNc1cc(C(=O)NC(C)CSC)cc(C(C)C)n1. The summed E-state index contributed by atoms with van der Waals surface area (Å²) in [6.45, 7) is 8.98. The highest BCUT2D eigenvalue weighted by Gasteiger charge is 2.13. The molecule has 0 aliphatic rings. The van der Waals surface area contributed by atoms with Gasteiger partial charge in [-0.05, 0) is 38.2 Å². The van der Waals surface area contributed by atoms with Crippen molar-refractivity contribution in [2.75, 3.05) is 23.9 Å². The van der Waals surface area contributed by atoms with Crippen LogP contribution in [0.25, 0.3) is 0 Å². The monoisotopic (exact) mass is 295 g/mol. The molecule has 0 fully saturated rings. The summed E-state index contributed by atoms with van der Waals surface area (Å²) in [5.74, 6) is 1.94. The number of amides is 1. The Hall–Kier alpha value is -1.23. The minimum Gasteiger partial charge on any atom is -0.370 e. The van der Waals surface area contributed by atoms with Crippen LogP contribution in [0.4, 0.5) is 5.82 Å². The molecular weight excluding hydrogens is 270 g/mol. The van der Waals surface area contributed by atoms with Gasteiger partial charge in [-0.1, -0.05) is 13.8 Å². The normalized spacial score (nSPS) is 12.3. The fourth-order valence-corrected chi connectivity index (χ4v) is 2.43. The van der Waals surface area contributed by atoms with Crippen molar-refractivity contribution in [3.63, 3.8) is 0 Å². The number of anilines is 1. The summed E-state index contributed by atoms with van der Waals surface area (Å²) < 4.78 is 0. The Balaban J connectivity index is 2.94. The number of carbonyl (C=O) groups is 1. The van der Waals surface area contributed by atoms with Crippen molar-refractivity contribution in [2.45, 2.75) is 39.7 Å². The van der Waals surface area contributed by atoms with Crippen molar-refractivity contribution in [3.8, 4) is 0 Å². The summed E-state index contributed by atoms with van der Waals surface area (Å²) in [5.41, 5.74) is 1.61. The zero-order valence-electron chi connectivity index (χ0n) is 13.0. The van der Waals surface area contributed by atoms with E-state index in [-0.39, 0.29) is 11.9 Å². The molecule has 1 unspecified atom stereocenters. The highest BCUT2D eigenvalue weighted by molar-refractivity contribution is 7.98. The number of pyridine rings is 1. The van der Waals surface area contributed by atoms with Gasteiger partial charge in [0.15, 0.2) is 0 Å². The standard InChI is InChI=1S/C15H25N3OS/c1-6-16-14-8-12(7-13(18-14)10(2)3)15(19)17-11(4)9-20-5/h7-8,10-11H,6,9H2,1-5H3,(H,16,18)(H,17,19). The molecule has 0 aliphatic heterocycles. The van der Waals surface area contributed by atoms with Crippen molar-refractivity contribution < 1.29 is 4.79 Å². The molecule has 4 nitrogen and oxygen atoms in total. The van der Waals surface area contributed by atoms with Crippen LogP contribution in [0, 0.1) is 0 Å². The van der Waals surface area contributed by atoms with Gasteiger partial charge in [-0.3, -0.25) is 4.79 Å². The van der Waals surface area contributed by atoms with E-state index in [9.17, 15) is 4.79 Å². The third-order valence-electron chi connectivity index (χ3n) is 2.85. The Kier molecular flexibility index (Phi) is 6.85. The molecular formula is C15H25N3OS. The van der Waals surface area contributed by atoms with Gasteiger partial charge in [0.05, 0.1) is 0 Å². The molecule has 0 spiro atoms. The first kappa shape index (κ1) is 16.8. The van der Waals surface area contributed by atoms with Gasteiger partial charge in [-0.25, -0.2) is 4.98 Å². The van der Waals surface area contributed by atoms with E-state index in [1.165, 1.54) is 0 Å². The summed E-state index contributed by atoms with van der Waals surface area (Å²) in [5, 5.41) is 6.20. The Bertz CT molecular complexity index is 449. The zero-order valence-corrected chi connectivity index (χ0v) is 13.8. The molecule has 0 aliphatic carbocycles. The van der Waals surface area contributed by atoms with E-state index in [4.69, 9.17) is 0 Å². The number of nitrogens with zero attached hydrogens (tertiary/aromatic N) is 1. The molecule has 1 atom stereocenters. The van der Waals surface area contributed by atoms with E-state index in [0.717, 1.165) is 23.8 Å². The number of hydrogen-bond acceptors (Lipinski definition) is 4. The molecule has 2 N–H and O–H groups in total. The van der Waals surface area contributed by atoms with Crippen LogP contribution in [-0.4, -0.2) is 35.5 Å². The second-order valence-corrected chi connectivity index (χ2v) is 6.09. The summed E-state index contributed by atoms with van der Waals surface area (Å²) in [7, 11) is 0. The van der Waals surface area contributed by atoms with Crippen LogP contribution in [-0.2, 0) is 0 Å².